The minimum Gasteiger partial charge on any atom is -0.436 e. The van der Waals surface area contributed by atoms with Crippen molar-refractivity contribution in [3.8, 4) is 11.6 Å². The number of aryl methyl sites for hydroxylation is 1. The molecule has 24 heavy (non-hydrogen) atoms. The molecule has 0 aliphatic heterocycles. The zero-order valence-corrected chi connectivity index (χ0v) is 12.9. The van der Waals surface area contributed by atoms with E-state index in [4.69, 9.17) is 16.3 Å². The Labute approximate surface area is 137 Å². The van der Waals surface area contributed by atoms with Crippen LogP contribution >= 0.6 is 11.6 Å². The monoisotopic (exact) mass is 362 g/mol. The summed E-state index contributed by atoms with van der Waals surface area (Å²) in [5.41, 5.74) is -1.93. The summed E-state index contributed by atoms with van der Waals surface area (Å²) in [6.45, 7) is 1.12. The molecule has 1 radical (unpaired) electrons. The third kappa shape index (κ3) is 3.32. The molecule has 0 N–H and O–H groups in total. The second-order valence-corrected chi connectivity index (χ2v) is 4.98. The molecule has 7 nitrogen and oxygen atoms in total. The van der Waals surface area contributed by atoms with Crippen molar-refractivity contribution in [3.63, 3.8) is 0 Å². The van der Waals surface area contributed by atoms with E-state index >= 15 is 0 Å². The number of aromatic nitrogens is 2. The minimum absolute atomic E-state index is 0.212. The Balaban J connectivity index is 2.49. The van der Waals surface area contributed by atoms with Gasteiger partial charge in [0.2, 0.25) is 0 Å². The molecule has 11 heteroatoms. The fourth-order valence-electron chi connectivity index (χ4n) is 1.88. The smallest absolute Gasteiger partial charge is 0.434 e. The molecule has 0 unspecified atom stereocenters. The van der Waals surface area contributed by atoms with E-state index < -0.39 is 39.2 Å². The third-order valence-corrected chi connectivity index (χ3v) is 3.25. The number of nitrogens with zero attached hydrogens (tertiary/aromatic N) is 3. The first-order chi connectivity index (χ1) is 11.0. The highest BCUT2D eigenvalue weighted by Crippen LogP contribution is 2.41. The first-order valence-corrected chi connectivity index (χ1v) is 6.58. The Hall–Kier alpha value is -2.62. The Kier molecular flexibility index (Phi) is 4.52. The highest BCUT2D eigenvalue weighted by Gasteiger charge is 2.39. The summed E-state index contributed by atoms with van der Waals surface area (Å²) in [5, 5.41) is 13.4. The van der Waals surface area contributed by atoms with Crippen LogP contribution in [0.2, 0.25) is 5.02 Å². The van der Waals surface area contributed by atoms with E-state index in [1.165, 1.54) is 0 Å². The maximum absolute atomic E-state index is 12.9. The van der Waals surface area contributed by atoms with Gasteiger partial charge in [0, 0.05) is 13.1 Å². The molecule has 2 aromatic rings. The van der Waals surface area contributed by atoms with Gasteiger partial charge in [-0.2, -0.15) is 13.2 Å². The molecule has 0 aliphatic carbocycles. The van der Waals surface area contributed by atoms with Crippen LogP contribution < -0.4 is 4.74 Å². The van der Waals surface area contributed by atoms with Crippen LogP contribution in [0.3, 0.4) is 0 Å². The highest BCUT2D eigenvalue weighted by molar-refractivity contribution is 6.32. The largest absolute Gasteiger partial charge is 0.436 e. The van der Waals surface area contributed by atoms with E-state index in [2.05, 4.69) is 11.2 Å². The quantitative estimate of drug-likeness (QED) is 0.469. The summed E-state index contributed by atoms with van der Waals surface area (Å²) in [4.78, 5) is 21.5. The van der Waals surface area contributed by atoms with Crippen molar-refractivity contribution in [2.75, 3.05) is 0 Å². The summed E-state index contributed by atoms with van der Waals surface area (Å²) >= 11 is 5.65. The van der Waals surface area contributed by atoms with Gasteiger partial charge in [0.05, 0.1) is 16.6 Å². The summed E-state index contributed by atoms with van der Waals surface area (Å²) in [5.74, 6) is -1.43. The molecular weight excluding hydrogens is 355 g/mol. The van der Waals surface area contributed by atoms with Crippen LogP contribution in [0, 0.1) is 16.2 Å². The van der Waals surface area contributed by atoms with E-state index in [0.717, 1.165) is 26.1 Å². The predicted molar refractivity (Wildman–Crippen MR) is 75.2 cm³/mol. The number of carbonyl (C=O) groups is 1. The number of ketones is 1. The van der Waals surface area contributed by atoms with Gasteiger partial charge >= 0.3 is 6.18 Å². The first kappa shape index (κ1) is 17.7. The molecule has 127 valence electrons. The Morgan fingerprint density at radius 1 is 1.50 bits per heavy atom. The molecular formula is C13H8ClF3N3O4. The maximum atomic E-state index is 12.9. The number of Topliss-reactive ketones (excluding diaryl/α,β-unsaturated/α-hetero) is 1. The van der Waals surface area contributed by atoms with Gasteiger partial charge in [-0.05, 0) is 13.0 Å². The van der Waals surface area contributed by atoms with Gasteiger partial charge in [-0.1, -0.05) is 11.6 Å². The average Bonchev–Trinajstić information content (AvgIpc) is 2.72. The summed E-state index contributed by atoms with van der Waals surface area (Å²) in [6.07, 6.45) is -4.76. The lowest BCUT2D eigenvalue weighted by atomic mass is 10.1. The van der Waals surface area contributed by atoms with Gasteiger partial charge in [0.15, 0.2) is 11.5 Å². The van der Waals surface area contributed by atoms with Gasteiger partial charge in [0.1, 0.15) is 10.8 Å². The molecule has 1 aromatic carbocycles. The van der Waals surface area contributed by atoms with E-state index in [1.54, 1.807) is 0 Å². The maximum Gasteiger partial charge on any atom is 0.434 e. The van der Waals surface area contributed by atoms with Crippen LogP contribution in [0.4, 0.5) is 18.9 Å². The van der Waals surface area contributed by atoms with Gasteiger partial charge in [0.25, 0.3) is 11.6 Å². The number of alkyl halides is 3. The summed E-state index contributed by atoms with van der Waals surface area (Å²) < 4.78 is 44.3. The number of non-ortho nitro benzene ring substituents is 1. The third-order valence-electron chi connectivity index (χ3n) is 2.91. The van der Waals surface area contributed by atoms with E-state index in [9.17, 15) is 28.1 Å². The van der Waals surface area contributed by atoms with Crippen molar-refractivity contribution < 1.29 is 27.6 Å². The molecule has 0 bridgehead atoms. The van der Waals surface area contributed by atoms with Gasteiger partial charge in [-0.25, -0.2) is 0 Å². The highest BCUT2D eigenvalue weighted by atomic mass is 35.5. The van der Waals surface area contributed by atoms with Crippen molar-refractivity contribution in [2.24, 2.45) is 7.05 Å². The first-order valence-electron chi connectivity index (χ1n) is 6.21. The molecule has 0 saturated heterocycles. The lowest BCUT2D eigenvalue weighted by molar-refractivity contribution is -0.385. The molecule has 0 atom stereocenters. The number of nitro groups is 1. The molecule has 0 fully saturated rings. The average molecular weight is 363 g/mol. The Morgan fingerprint density at radius 2 is 2.12 bits per heavy atom. The van der Waals surface area contributed by atoms with E-state index in [-0.39, 0.29) is 11.3 Å². The molecule has 0 spiro atoms. The van der Waals surface area contributed by atoms with Crippen LogP contribution in [-0.4, -0.2) is 20.5 Å². The fourth-order valence-corrected chi connectivity index (χ4v) is 2.19. The Bertz CT molecular complexity index is 833. The van der Waals surface area contributed by atoms with E-state index in [0.29, 0.717) is 4.68 Å². The van der Waals surface area contributed by atoms with Gasteiger partial charge < -0.3 is 4.74 Å². The number of halogens is 4. The van der Waals surface area contributed by atoms with Crippen molar-refractivity contribution in [3.05, 3.63) is 44.6 Å². The van der Waals surface area contributed by atoms with Crippen molar-refractivity contribution >= 4 is 23.1 Å². The normalized spacial score (nSPS) is 11.4. The van der Waals surface area contributed by atoms with E-state index in [1.807, 2.05) is 0 Å². The molecule has 0 amide bonds. The van der Waals surface area contributed by atoms with Crippen molar-refractivity contribution in [2.45, 2.75) is 13.1 Å². The van der Waals surface area contributed by atoms with Gasteiger partial charge in [-0.3, -0.25) is 19.6 Å². The zero-order chi connectivity index (χ0) is 18.2. The lowest BCUT2D eigenvalue weighted by Gasteiger charge is -2.07. The standard InChI is InChI=1S/C13H8ClF3N3O4/c1-6(21)8-5-7(20(22)23)3-4-9(8)24-12-10(14)11(13(15,16)17)19(2)18-12/h4-5H,1-2H3. The number of rotatable bonds is 4. The number of nitro benzene ring substituents is 1. The summed E-state index contributed by atoms with van der Waals surface area (Å²) in [7, 11) is 1.02. The number of hydrogen-bond donors (Lipinski definition) is 0. The molecule has 2 rings (SSSR count). The SMILES string of the molecule is CC(=O)c1cc([N+](=O)[O-])[c]cc1Oc1nn(C)c(C(F)(F)F)c1Cl. The summed E-state index contributed by atoms with van der Waals surface area (Å²) in [6, 6.07) is 4.11. The van der Waals surface area contributed by atoms with Crippen LogP contribution in [0.15, 0.2) is 12.1 Å². The zero-order valence-electron chi connectivity index (χ0n) is 12.1. The van der Waals surface area contributed by atoms with Crippen LogP contribution in [0.1, 0.15) is 23.0 Å². The van der Waals surface area contributed by atoms with Crippen molar-refractivity contribution in [1.82, 2.24) is 9.78 Å². The molecule has 1 heterocycles. The predicted octanol–water partition coefficient (Wildman–Crippen LogP) is 3.80. The second kappa shape index (κ2) is 6.11. The number of ether oxygens (including phenoxy) is 1. The topological polar surface area (TPSA) is 87.3 Å². The lowest BCUT2D eigenvalue weighted by Crippen LogP contribution is -2.12. The van der Waals surface area contributed by atoms with Crippen LogP contribution in [0.25, 0.3) is 0 Å². The van der Waals surface area contributed by atoms with Crippen molar-refractivity contribution in [1.29, 1.82) is 0 Å². The Morgan fingerprint density at radius 3 is 2.58 bits per heavy atom. The molecule has 1 aromatic heterocycles. The number of benzene rings is 1. The second-order valence-electron chi connectivity index (χ2n) is 4.60. The number of hydrogen-bond acceptors (Lipinski definition) is 5. The van der Waals surface area contributed by atoms with Gasteiger partial charge in [-0.15, -0.1) is 5.10 Å². The molecule has 0 aliphatic rings. The van der Waals surface area contributed by atoms with Crippen LogP contribution in [0.5, 0.6) is 11.6 Å². The number of carbonyl (C=O) groups excluding carboxylic acids is 1. The molecule has 0 saturated carbocycles. The fraction of sp³-hybridized carbons (Fsp3) is 0.231. The minimum atomic E-state index is -4.76. The van der Waals surface area contributed by atoms with Crippen LogP contribution in [-0.2, 0) is 13.2 Å².